The lowest BCUT2D eigenvalue weighted by molar-refractivity contribution is -0.158. The molecule has 0 radical (unpaired) electrons. The van der Waals surface area contributed by atoms with Crippen molar-refractivity contribution >= 4 is 5.97 Å². The molecule has 106 valence electrons. The Balaban J connectivity index is 2.33. The molecule has 0 aromatic rings. The molecule has 0 atom stereocenters. The van der Waals surface area contributed by atoms with Crippen molar-refractivity contribution in [2.75, 3.05) is 13.2 Å². The maximum absolute atomic E-state index is 12.2. The summed E-state index contributed by atoms with van der Waals surface area (Å²) in [6, 6.07) is 0. The molecule has 0 aromatic carbocycles. The molecule has 3 heteroatoms. The maximum atomic E-state index is 12.2. The second-order valence-corrected chi connectivity index (χ2v) is 5.86. The minimum Gasteiger partial charge on any atom is -0.465 e. The van der Waals surface area contributed by atoms with Crippen LogP contribution in [0.1, 0.15) is 65.2 Å². The zero-order valence-electron chi connectivity index (χ0n) is 12.0. The largest absolute Gasteiger partial charge is 0.465 e. The van der Waals surface area contributed by atoms with E-state index in [1.165, 1.54) is 12.8 Å². The predicted octanol–water partition coefficient (Wildman–Crippen LogP) is 3.27. The van der Waals surface area contributed by atoms with Gasteiger partial charge in [0.1, 0.15) is 0 Å². The lowest BCUT2D eigenvalue weighted by Crippen LogP contribution is -2.42. The third kappa shape index (κ3) is 4.27. The van der Waals surface area contributed by atoms with Gasteiger partial charge in [-0.2, -0.15) is 0 Å². The smallest absolute Gasteiger partial charge is 0.313 e. The number of carbonyl (C=O) groups excluding carboxylic acids is 1. The molecule has 1 aliphatic rings. The lowest BCUT2D eigenvalue weighted by Gasteiger charge is -2.36. The molecule has 1 fully saturated rings. The van der Waals surface area contributed by atoms with Gasteiger partial charge in [0.05, 0.1) is 12.0 Å². The average molecular weight is 255 g/mol. The van der Waals surface area contributed by atoms with Gasteiger partial charge in [0.25, 0.3) is 0 Å². The molecule has 1 aliphatic carbocycles. The van der Waals surface area contributed by atoms with Gasteiger partial charge in [-0.1, -0.05) is 33.1 Å². The van der Waals surface area contributed by atoms with E-state index in [-0.39, 0.29) is 11.4 Å². The number of unbranched alkanes of at least 4 members (excludes halogenated alkanes) is 3. The Hall–Kier alpha value is -0.570. The lowest BCUT2D eigenvalue weighted by atomic mass is 9.71. The van der Waals surface area contributed by atoms with Crippen molar-refractivity contribution in [3.05, 3.63) is 0 Å². The van der Waals surface area contributed by atoms with Crippen LogP contribution in [-0.2, 0) is 9.53 Å². The number of carbonyl (C=O) groups is 1. The van der Waals surface area contributed by atoms with Gasteiger partial charge in [0, 0.05) is 6.54 Å². The van der Waals surface area contributed by atoms with Crippen molar-refractivity contribution in [2.45, 2.75) is 65.2 Å². The molecule has 0 aromatic heterocycles. The highest BCUT2D eigenvalue weighted by Crippen LogP contribution is 2.39. The number of ether oxygens (including phenoxy) is 1. The van der Waals surface area contributed by atoms with Crippen LogP contribution in [-0.4, -0.2) is 19.1 Å². The third-order valence-corrected chi connectivity index (χ3v) is 4.29. The molecule has 1 saturated carbocycles. The van der Waals surface area contributed by atoms with Crippen molar-refractivity contribution in [3.8, 4) is 0 Å². The average Bonchev–Trinajstić information content (AvgIpc) is 2.39. The van der Waals surface area contributed by atoms with Crippen LogP contribution in [0.15, 0.2) is 0 Å². The topological polar surface area (TPSA) is 52.3 Å². The first kappa shape index (κ1) is 15.5. The van der Waals surface area contributed by atoms with E-state index >= 15 is 0 Å². The summed E-state index contributed by atoms with van der Waals surface area (Å²) in [7, 11) is 0. The molecule has 0 unspecified atom stereocenters. The summed E-state index contributed by atoms with van der Waals surface area (Å²) in [4.78, 5) is 12.2. The molecular weight excluding hydrogens is 226 g/mol. The first-order valence-corrected chi connectivity index (χ1v) is 7.52. The molecular formula is C15H29NO2. The first-order chi connectivity index (χ1) is 8.64. The molecule has 0 saturated heterocycles. The minimum atomic E-state index is -0.378. The molecule has 3 nitrogen and oxygen atoms in total. The quantitative estimate of drug-likeness (QED) is 0.561. The summed E-state index contributed by atoms with van der Waals surface area (Å²) in [5.41, 5.74) is 5.46. The van der Waals surface area contributed by atoms with Crippen molar-refractivity contribution in [2.24, 2.45) is 17.1 Å². The Bertz CT molecular complexity index is 245. The van der Waals surface area contributed by atoms with E-state index in [0.717, 1.165) is 44.4 Å². The van der Waals surface area contributed by atoms with Gasteiger partial charge >= 0.3 is 5.97 Å². The number of hydrogen-bond donors (Lipinski definition) is 1. The summed E-state index contributed by atoms with van der Waals surface area (Å²) in [6.45, 7) is 5.43. The first-order valence-electron chi connectivity index (χ1n) is 7.52. The second-order valence-electron chi connectivity index (χ2n) is 5.86. The van der Waals surface area contributed by atoms with Gasteiger partial charge in [-0.3, -0.25) is 4.79 Å². The van der Waals surface area contributed by atoms with E-state index in [4.69, 9.17) is 10.5 Å². The van der Waals surface area contributed by atoms with Crippen LogP contribution in [0.4, 0.5) is 0 Å². The Kier molecular flexibility index (Phi) is 6.69. The van der Waals surface area contributed by atoms with Gasteiger partial charge < -0.3 is 10.5 Å². The maximum Gasteiger partial charge on any atom is 0.313 e. The Morgan fingerprint density at radius 1 is 1.28 bits per heavy atom. The predicted molar refractivity (Wildman–Crippen MR) is 74.2 cm³/mol. The van der Waals surface area contributed by atoms with Crippen LogP contribution < -0.4 is 5.73 Å². The SMILES string of the molecule is CCCCCCOC(=O)C1(CN)CCC(C)CC1. The second kappa shape index (κ2) is 7.78. The molecule has 0 spiro atoms. The van der Waals surface area contributed by atoms with E-state index in [9.17, 15) is 4.79 Å². The van der Waals surface area contributed by atoms with Gasteiger partial charge in [-0.15, -0.1) is 0 Å². The molecule has 0 aliphatic heterocycles. The van der Waals surface area contributed by atoms with E-state index in [0.29, 0.717) is 13.2 Å². The van der Waals surface area contributed by atoms with Crippen LogP contribution in [0, 0.1) is 11.3 Å². The van der Waals surface area contributed by atoms with Crippen LogP contribution in [0.5, 0.6) is 0 Å². The van der Waals surface area contributed by atoms with Gasteiger partial charge in [0.15, 0.2) is 0 Å². The zero-order valence-corrected chi connectivity index (χ0v) is 12.0. The molecule has 1 rings (SSSR count). The fourth-order valence-electron chi connectivity index (χ4n) is 2.65. The van der Waals surface area contributed by atoms with Crippen LogP contribution in [0.2, 0.25) is 0 Å². The van der Waals surface area contributed by atoms with Crippen LogP contribution >= 0.6 is 0 Å². The Morgan fingerprint density at radius 2 is 1.94 bits per heavy atom. The third-order valence-electron chi connectivity index (χ3n) is 4.29. The summed E-state index contributed by atoms with van der Waals surface area (Å²) < 4.78 is 5.44. The molecule has 0 heterocycles. The highest BCUT2D eigenvalue weighted by atomic mass is 16.5. The minimum absolute atomic E-state index is 0.0478. The fourth-order valence-corrected chi connectivity index (χ4v) is 2.65. The standard InChI is InChI=1S/C15H29NO2/c1-3-4-5-6-11-18-14(17)15(12-16)9-7-13(2)8-10-15/h13H,3-12,16H2,1-2H3. The van der Waals surface area contributed by atoms with Gasteiger partial charge in [0.2, 0.25) is 0 Å². The number of hydrogen-bond acceptors (Lipinski definition) is 3. The van der Waals surface area contributed by atoms with E-state index < -0.39 is 0 Å². The van der Waals surface area contributed by atoms with E-state index in [1.807, 2.05) is 0 Å². The number of nitrogens with two attached hydrogens (primary N) is 1. The molecule has 0 bridgehead atoms. The van der Waals surface area contributed by atoms with Gasteiger partial charge in [-0.05, 0) is 38.0 Å². The zero-order chi connectivity index (χ0) is 13.4. The number of esters is 1. The molecule has 0 amide bonds. The van der Waals surface area contributed by atoms with Crippen molar-refractivity contribution < 1.29 is 9.53 Å². The fraction of sp³-hybridized carbons (Fsp3) is 0.933. The normalized spacial score (nSPS) is 28.1. The van der Waals surface area contributed by atoms with Crippen molar-refractivity contribution in [3.63, 3.8) is 0 Å². The molecule has 2 N–H and O–H groups in total. The highest BCUT2D eigenvalue weighted by Gasteiger charge is 2.41. The van der Waals surface area contributed by atoms with E-state index in [2.05, 4.69) is 13.8 Å². The summed E-state index contributed by atoms with van der Waals surface area (Å²) in [5.74, 6) is 0.676. The summed E-state index contributed by atoms with van der Waals surface area (Å²) in [5, 5.41) is 0. The number of rotatable bonds is 7. The Morgan fingerprint density at radius 3 is 2.50 bits per heavy atom. The molecule has 18 heavy (non-hydrogen) atoms. The Labute approximate surface area is 111 Å². The van der Waals surface area contributed by atoms with Crippen LogP contribution in [0.3, 0.4) is 0 Å². The highest BCUT2D eigenvalue weighted by molar-refractivity contribution is 5.77. The van der Waals surface area contributed by atoms with E-state index in [1.54, 1.807) is 0 Å². The van der Waals surface area contributed by atoms with Crippen molar-refractivity contribution in [1.82, 2.24) is 0 Å². The van der Waals surface area contributed by atoms with Gasteiger partial charge in [-0.25, -0.2) is 0 Å². The van der Waals surface area contributed by atoms with Crippen LogP contribution in [0.25, 0.3) is 0 Å². The van der Waals surface area contributed by atoms with Crippen molar-refractivity contribution in [1.29, 1.82) is 0 Å². The monoisotopic (exact) mass is 255 g/mol. The summed E-state index contributed by atoms with van der Waals surface area (Å²) in [6.07, 6.45) is 8.56. The summed E-state index contributed by atoms with van der Waals surface area (Å²) >= 11 is 0.